The minimum atomic E-state index is -3.81. The van der Waals surface area contributed by atoms with Crippen LogP contribution >= 0.6 is 19.3 Å². The third-order valence-electron chi connectivity index (χ3n) is 3.54. The van der Waals surface area contributed by atoms with Gasteiger partial charge in [-0.25, -0.2) is 4.57 Å². The average Bonchev–Trinajstić information content (AvgIpc) is 2.68. The lowest BCUT2D eigenvalue weighted by Gasteiger charge is -2.19. The van der Waals surface area contributed by atoms with Crippen LogP contribution in [0.15, 0.2) is 90.0 Å². The van der Waals surface area contributed by atoms with Crippen molar-refractivity contribution in [1.82, 2.24) is 5.20 Å². The molecule has 138 valence electrons. The molecule has 3 aromatic rings. The summed E-state index contributed by atoms with van der Waals surface area (Å²) < 4.78 is 24.5. The number of halogens is 1. The van der Waals surface area contributed by atoms with Gasteiger partial charge in [0.25, 0.3) is 0 Å². The van der Waals surface area contributed by atoms with Gasteiger partial charge in [-0.15, -0.1) is 0 Å². The monoisotopic (exact) mass is 400 g/mol. The van der Waals surface area contributed by atoms with Crippen molar-refractivity contribution in [3.05, 3.63) is 95.5 Å². The number of benzene rings is 3. The van der Waals surface area contributed by atoms with Gasteiger partial charge in [-0.1, -0.05) is 60.1 Å². The molecule has 7 heteroatoms. The molecule has 0 fully saturated rings. The Morgan fingerprint density at radius 2 is 1.33 bits per heavy atom. The summed E-state index contributed by atoms with van der Waals surface area (Å²) in [7, 11) is -3.81. The summed E-state index contributed by atoms with van der Waals surface area (Å²) in [6, 6.07) is 24.7. The first-order chi connectivity index (χ1) is 13.0. The molecular formula is C20H18ClN2O3P. The summed E-state index contributed by atoms with van der Waals surface area (Å²) >= 11 is 5.91. The standard InChI is InChI=1S/C20H18ClN2O3P/c1-16(17-12-14-18(21)15-13-17)22-23-27(24,25-19-8-4-2-5-9-19)26-20-10-6-3-7-11-20/h2-15H,1H3,(H,23,24)/b22-16+. The van der Waals surface area contributed by atoms with Gasteiger partial charge in [-0.05, 0) is 48.9 Å². The first-order valence-corrected chi connectivity index (χ1v) is 10.1. The SMILES string of the molecule is C/C(=N\NP(=O)(Oc1ccccc1)Oc1ccccc1)c1ccc(Cl)cc1. The Bertz CT molecular complexity index is 902. The van der Waals surface area contributed by atoms with Crippen molar-refractivity contribution in [2.45, 2.75) is 6.92 Å². The second kappa shape index (κ2) is 8.76. The predicted molar refractivity (Wildman–Crippen MR) is 109 cm³/mol. The molecule has 0 unspecified atom stereocenters. The molecule has 0 atom stereocenters. The second-order valence-corrected chi connectivity index (χ2v) is 7.61. The first kappa shape index (κ1) is 19.0. The fraction of sp³-hybridized carbons (Fsp3) is 0.0500. The van der Waals surface area contributed by atoms with Crippen LogP contribution in [0.25, 0.3) is 0 Å². The molecule has 3 rings (SSSR count). The summed E-state index contributed by atoms with van der Waals surface area (Å²) in [5, 5.41) is 7.40. The summed E-state index contributed by atoms with van der Waals surface area (Å²) in [5.41, 5.74) is 1.44. The van der Waals surface area contributed by atoms with Crippen molar-refractivity contribution in [3.8, 4) is 11.5 Å². The van der Waals surface area contributed by atoms with Gasteiger partial charge in [-0.3, -0.25) is 0 Å². The average molecular weight is 401 g/mol. The Balaban J connectivity index is 1.83. The van der Waals surface area contributed by atoms with Crippen LogP contribution in [0.4, 0.5) is 0 Å². The third-order valence-corrected chi connectivity index (χ3v) is 5.04. The molecule has 0 saturated heterocycles. The summed E-state index contributed by atoms with van der Waals surface area (Å²) in [6.07, 6.45) is 0. The Morgan fingerprint density at radius 3 is 1.81 bits per heavy atom. The smallest absolute Gasteiger partial charge is 0.399 e. The molecule has 5 nitrogen and oxygen atoms in total. The number of nitrogens with one attached hydrogen (secondary N) is 1. The summed E-state index contributed by atoms with van der Waals surface area (Å²) in [6.45, 7) is 1.78. The second-order valence-electron chi connectivity index (χ2n) is 5.61. The van der Waals surface area contributed by atoms with E-state index in [9.17, 15) is 4.57 Å². The molecule has 0 aliphatic heterocycles. The number of rotatable bonds is 7. The molecule has 0 amide bonds. The van der Waals surface area contributed by atoms with Gasteiger partial charge in [0.2, 0.25) is 0 Å². The topological polar surface area (TPSA) is 59.9 Å². The highest BCUT2D eigenvalue weighted by Gasteiger charge is 2.28. The van der Waals surface area contributed by atoms with Gasteiger partial charge < -0.3 is 9.05 Å². The van der Waals surface area contributed by atoms with E-state index in [0.717, 1.165) is 5.56 Å². The van der Waals surface area contributed by atoms with E-state index in [-0.39, 0.29) is 0 Å². The molecule has 0 spiro atoms. The summed E-state index contributed by atoms with van der Waals surface area (Å²) in [5.74, 6) is 0.812. The predicted octanol–water partition coefficient (Wildman–Crippen LogP) is 5.92. The third kappa shape index (κ3) is 5.61. The number of hydrogen-bond donors (Lipinski definition) is 1. The zero-order chi connectivity index (χ0) is 19.1. The lowest BCUT2D eigenvalue weighted by Crippen LogP contribution is -2.15. The van der Waals surface area contributed by atoms with Crippen LogP contribution in [-0.4, -0.2) is 5.71 Å². The largest absolute Gasteiger partial charge is 0.557 e. The number of nitrogens with zero attached hydrogens (tertiary/aromatic N) is 1. The quantitative estimate of drug-likeness (QED) is 0.304. The van der Waals surface area contributed by atoms with Gasteiger partial charge in [-0.2, -0.15) is 10.3 Å². The maximum atomic E-state index is 13.3. The van der Waals surface area contributed by atoms with Crippen LogP contribution in [0.2, 0.25) is 5.02 Å². The highest BCUT2D eigenvalue weighted by Crippen LogP contribution is 2.44. The van der Waals surface area contributed by atoms with Crippen LogP contribution < -0.4 is 14.2 Å². The molecule has 1 N–H and O–H groups in total. The van der Waals surface area contributed by atoms with E-state index in [0.29, 0.717) is 22.2 Å². The molecule has 0 heterocycles. The number of para-hydroxylation sites is 2. The van der Waals surface area contributed by atoms with Crippen LogP contribution in [0.5, 0.6) is 11.5 Å². The van der Waals surface area contributed by atoms with Crippen molar-refractivity contribution in [1.29, 1.82) is 0 Å². The Hall–Kier alpha value is -2.75. The van der Waals surface area contributed by atoms with Crippen LogP contribution in [0.1, 0.15) is 12.5 Å². The molecule has 0 saturated carbocycles. The zero-order valence-electron chi connectivity index (χ0n) is 14.6. The van der Waals surface area contributed by atoms with Crippen molar-refractivity contribution < 1.29 is 13.6 Å². The molecule has 0 aliphatic rings. The highest BCUT2D eigenvalue weighted by atomic mass is 35.5. The van der Waals surface area contributed by atoms with E-state index < -0.39 is 7.75 Å². The van der Waals surface area contributed by atoms with Crippen molar-refractivity contribution >= 4 is 25.1 Å². The van der Waals surface area contributed by atoms with Crippen molar-refractivity contribution in [2.24, 2.45) is 5.10 Å². The molecular weight excluding hydrogens is 383 g/mol. The van der Waals surface area contributed by atoms with Gasteiger partial charge in [0.05, 0.1) is 5.71 Å². The normalized spacial score (nSPS) is 11.7. The van der Waals surface area contributed by atoms with E-state index in [1.807, 2.05) is 24.3 Å². The molecule has 0 aliphatic carbocycles. The molecule has 0 bridgehead atoms. The lowest BCUT2D eigenvalue weighted by atomic mass is 10.1. The first-order valence-electron chi connectivity index (χ1n) is 8.21. The van der Waals surface area contributed by atoms with Gasteiger partial charge in [0, 0.05) is 5.02 Å². The molecule has 27 heavy (non-hydrogen) atoms. The molecule has 0 aromatic heterocycles. The fourth-order valence-corrected chi connectivity index (χ4v) is 3.51. The van der Waals surface area contributed by atoms with E-state index in [1.54, 1.807) is 67.6 Å². The maximum absolute atomic E-state index is 13.3. The maximum Gasteiger partial charge on any atom is 0.557 e. The minimum Gasteiger partial charge on any atom is -0.399 e. The van der Waals surface area contributed by atoms with Gasteiger partial charge >= 0.3 is 7.75 Å². The highest BCUT2D eigenvalue weighted by molar-refractivity contribution is 7.52. The Kier molecular flexibility index (Phi) is 6.17. The van der Waals surface area contributed by atoms with Crippen molar-refractivity contribution in [3.63, 3.8) is 0 Å². The van der Waals surface area contributed by atoms with E-state index in [2.05, 4.69) is 10.3 Å². The minimum absolute atomic E-state index is 0.406. The number of hydrazone groups is 1. The van der Waals surface area contributed by atoms with E-state index in [1.165, 1.54) is 0 Å². The van der Waals surface area contributed by atoms with Crippen LogP contribution in [-0.2, 0) is 4.57 Å². The number of hydrogen-bond acceptors (Lipinski definition) is 4. The van der Waals surface area contributed by atoms with E-state index in [4.69, 9.17) is 20.6 Å². The van der Waals surface area contributed by atoms with Gasteiger partial charge in [0.15, 0.2) is 0 Å². The fourth-order valence-electron chi connectivity index (χ4n) is 2.19. The van der Waals surface area contributed by atoms with Crippen LogP contribution in [0.3, 0.4) is 0 Å². The Labute approximate surface area is 163 Å². The molecule has 0 radical (unpaired) electrons. The zero-order valence-corrected chi connectivity index (χ0v) is 16.2. The van der Waals surface area contributed by atoms with Crippen LogP contribution in [0, 0.1) is 0 Å². The summed E-state index contributed by atoms with van der Waals surface area (Å²) in [4.78, 5) is 0. The van der Waals surface area contributed by atoms with Crippen molar-refractivity contribution in [2.75, 3.05) is 0 Å². The van der Waals surface area contributed by atoms with E-state index >= 15 is 0 Å². The Morgan fingerprint density at radius 1 is 0.852 bits per heavy atom. The molecule has 3 aromatic carbocycles. The lowest BCUT2D eigenvalue weighted by molar-refractivity contribution is 0.372. The van der Waals surface area contributed by atoms with Gasteiger partial charge in [0.1, 0.15) is 11.5 Å².